The third-order valence-electron chi connectivity index (χ3n) is 4.78. The molecule has 3 atom stereocenters. The van der Waals surface area contributed by atoms with E-state index < -0.39 is 36.2 Å². The average Bonchev–Trinajstić information content (AvgIpc) is 3.13. The largest absolute Gasteiger partial charge is 0.415 e. The number of halogens is 4. The summed E-state index contributed by atoms with van der Waals surface area (Å²) in [5.41, 5.74) is 0.262. The van der Waals surface area contributed by atoms with Crippen LogP contribution in [0.25, 0.3) is 0 Å². The van der Waals surface area contributed by atoms with Crippen LogP contribution in [0.2, 0.25) is 0 Å². The Labute approximate surface area is 183 Å². The monoisotopic (exact) mass is 460 g/mol. The van der Waals surface area contributed by atoms with Crippen molar-refractivity contribution in [2.24, 2.45) is 5.92 Å². The van der Waals surface area contributed by atoms with Crippen molar-refractivity contribution in [3.05, 3.63) is 72.6 Å². The number of carbonyl (C=O) groups is 1. The van der Waals surface area contributed by atoms with Gasteiger partial charge in [-0.1, -0.05) is 61.8 Å². The van der Waals surface area contributed by atoms with Gasteiger partial charge in [0.15, 0.2) is 6.10 Å². The number of alkyl halides is 3. The summed E-state index contributed by atoms with van der Waals surface area (Å²) < 4.78 is 57.6. The Hall–Kier alpha value is -2.40. The molecule has 1 aliphatic heterocycles. The SMILES string of the molecule is C=C/C=C(\C=C)C(=O)NC=S.CNC1(c2ccccc2F)COC(C(F)(F)F)C1CO. The van der Waals surface area contributed by atoms with Crippen molar-refractivity contribution in [2.45, 2.75) is 17.8 Å². The molecule has 1 heterocycles. The molecule has 1 aromatic carbocycles. The maximum Gasteiger partial charge on any atom is 0.415 e. The number of amides is 1. The number of benzene rings is 1. The predicted octanol–water partition coefficient (Wildman–Crippen LogP) is 3.17. The molecule has 0 spiro atoms. The van der Waals surface area contributed by atoms with Crippen LogP contribution in [0.1, 0.15) is 5.56 Å². The number of hydrogen-bond donors (Lipinski definition) is 3. The number of aliphatic hydroxyl groups excluding tert-OH is 1. The fraction of sp³-hybridized carbons (Fsp3) is 0.333. The van der Waals surface area contributed by atoms with Gasteiger partial charge in [0.05, 0.1) is 24.2 Å². The molecule has 2 rings (SSSR count). The molecule has 0 aromatic heterocycles. The summed E-state index contributed by atoms with van der Waals surface area (Å²) >= 11 is 4.44. The molecule has 1 amide bonds. The molecule has 1 aliphatic rings. The third-order valence-corrected chi connectivity index (χ3v) is 4.90. The van der Waals surface area contributed by atoms with E-state index in [1.54, 1.807) is 6.08 Å². The summed E-state index contributed by atoms with van der Waals surface area (Å²) in [4.78, 5) is 11.0. The molecule has 3 N–H and O–H groups in total. The van der Waals surface area contributed by atoms with Crippen LogP contribution in [0.5, 0.6) is 0 Å². The highest BCUT2D eigenvalue weighted by molar-refractivity contribution is 7.78. The fourth-order valence-electron chi connectivity index (χ4n) is 3.27. The number of aliphatic hydroxyl groups is 1. The van der Waals surface area contributed by atoms with Crippen molar-refractivity contribution in [3.63, 3.8) is 0 Å². The molecule has 5 nitrogen and oxygen atoms in total. The molecule has 1 aromatic rings. The van der Waals surface area contributed by atoms with Crippen LogP contribution >= 0.6 is 12.2 Å². The Morgan fingerprint density at radius 3 is 2.48 bits per heavy atom. The molecule has 1 fully saturated rings. The second-order valence-electron chi connectivity index (χ2n) is 6.42. The molecule has 31 heavy (non-hydrogen) atoms. The number of likely N-dealkylation sites (N-methyl/N-ethyl adjacent to an activating group) is 1. The number of nitrogens with one attached hydrogen (secondary N) is 2. The molecular weight excluding hydrogens is 436 g/mol. The lowest BCUT2D eigenvalue weighted by atomic mass is 9.78. The number of hydrogen-bond acceptors (Lipinski definition) is 5. The van der Waals surface area contributed by atoms with E-state index in [0.29, 0.717) is 5.57 Å². The number of thiocarbonyl (C=S) groups is 1. The van der Waals surface area contributed by atoms with Crippen molar-refractivity contribution in [1.82, 2.24) is 10.6 Å². The lowest BCUT2D eigenvalue weighted by Crippen LogP contribution is -2.51. The van der Waals surface area contributed by atoms with Gasteiger partial charge >= 0.3 is 6.18 Å². The topological polar surface area (TPSA) is 70.6 Å². The van der Waals surface area contributed by atoms with Crippen LogP contribution in [0.4, 0.5) is 17.6 Å². The maximum absolute atomic E-state index is 13.9. The third kappa shape index (κ3) is 6.30. The quantitative estimate of drug-likeness (QED) is 0.252. The highest BCUT2D eigenvalue weighted by Gasteiger charge is 2.59. The second-order valence-corrected chi connectivity index (χ2v) is 6.65. The van der Waals surface area contributed by atoms with Gasteiger partial charge in [-0.15, -0.1) is 0 Å². The molecular formula is C21H24F4N2O3S. The van der Waals surface area contributed by atoms with Crippen molar-refractivity contribution in [2.75, 3.05) is 20.3 Å². The summed E-state index contributed by atoms with van der Waals surface area (Å²) in [5, 5.41) is 14.4. The number of rotatable bonds is 7. The highest BCUT2D eigenvalue weighted by Crippen LogP contribution is 2.45. The minimum absolute atomic E-state index is 0.0632. The van der Waals surface area contributed by atoms with Crippen LogP contribution in [0, 0.1) is 11.7 Å². The zero-order valence-electron chi connectivity index (χ0n) is 16.8. The molecule has 0 aliphatic carbocycles. The lowest BCUT2D eigenvalue weighted by molar-refractivity contribution is -0.219. The first kappa shape index (κ1) is 26.6. The van der Waals surface area contributed by atoms with Gasteiger partial charge in [-0.3, -0.25) is 4.79 Å². The van der Waals surface area contributed by atoms with Crippen LogP contribution < -0.4 is 10.6 Å². The first-order chi connectivity index (χ1) is 14.6. The van der Waals surface area contributed by atoms with E-state index in [-0.39, 0.29) is 18.1 Å². The van der Waals surface area contributed by atoms with Crippen molar-refractivity contribution >= 4 is 23.6 Å². The smallest absolute Gasteiger partial charge is 0.396 e. The van der Waals surface area contributed by atoms with Crippen LogP contribution in [-0.4, -0.2) is 49.0 Å². The van der Waals surface area contributed by atoms with E-state index in [1.165, 1.54) is 43.5 Å². The van der Waals surface area contributed by atoms with E-state index in [1.807, 2.05) is 0 Å². The normalized spacial score (nSPS) is 23.4. The summed E-state index contributed by atoms with van der Waals surface area (Å²) in [6.07, 6.45) is -2.23. The van der Waals surface area contributed by atoms with Crippen LogP contribution in [-0.2, 0) is 15.1 Å². The van der Waals surface area contributed by atoms with Crippen molar-refractivity contribution in [3.8, 4) is 0 Å². The molecule has 10 heteroatoms. The van der Waals surface area contributed by atoms with Crippen molar-refractivity contribution < 1.29 is 32.2 Å². The Balaban J connectivity index is 0.000000373. The predicted molar refractivity (Wildman–Crippen MR) is 114 cm³/mol. The number of allylic oxidation sites excluding steroid dienone is 2. The van der Waals surface area contributed by atoms with Gasteiger partial charge in [0.2, 0.25) is 0 Å². The van der Waals surface area contributed by atoms with Gasteiger partial charge in [0.25, 0.3) is 5.91 Å². The van der Waals surface area contributed by atoms with Gasteiger partial charge in [0, 0.05) is 17.1 Å². The number of carbonyl (C=O) groups excluding carboxylic acids is 1. The zero-order chi connectivity index (χ0) is 23.7. The van der Waals surface area contributed by atoms with E-state index >= 15 is 0 Å². The second kappa shape index (κ2) is 11.8. The van der Waals surface area contributed by atoms with Gasteiger partial charge in [-0.25, -0.2) is 4.39 Å². The van der Waals surface area contributed by atoms with E-state index in [2.05, 4.69) is 36.0 Å². The Bertz CT molecular complexity index is 829. The fourth-order valence-corrected chi connectivity index (χ4v) is 3.38. The molecule has 0 radical (unpaired) electrons. The minimum Gasteiger partial charge on any atom is -0.396 e. The first-order valence-corrected chi connectivity index (χ1v) is 9.52. The first-order valence-electron chi connectivity index (χ1n) is 9.05. The van der Waals surface area contributed by atoms with E-state index in [9.17, 15) is 27.5 Å². The maximum atomic E-state index is 13.9. The van der Waals surface area contributed by atoms with Gasteiger partial charge in [0.1, 0.15) is 5.82 Å². The Kier molecular flexibility index (Phi) is 10.2. The molecule has 0 bridgehead atoms. The van der Waals surface area contributed by atoms with E-state index in [0.717, 1.165) is 5.49 Å². The van der Waals surface area contributed by atoms with E-state index in [4.69, 9.17) is 4.74 Å². The van der Waals surface area contributed by atoms with Crippen LogP contribution in [0.15, 0.2) is 61.2 Å². The molecule has 0 saturated carbocycles. The minimum atomic E-state index is -4.61. The van der Waals surface area contributed by atoms with Gasteiger partial charge < -0.3 is 20.5 Å². The summed E-state index contributed by atoms with van der Waals surface area (Å²) in [5.74, 6) is -2.22. The summed E-state index contributed by atoms with van der Waals surface area (Å²) in [6.45, 7) is 5.78. The van der Waals surface area contributed by atoms with Gasteiger partial charge in [-0.2, -0.15) is 13.2 Å². The molecule has 3 unspecified atom stereocenters. The molecule has 1 saturated heterocycles. The highest BCUT2D eigenvalue weighted by atomic mass is 32.1. The van der Waals surface area contributed by atoms with Gasteiger partial charge in [-0.05, 0) is 13.1 Å². The van der Waals surface area contributed by atoms with Crippen molar-refractivity contribution in [1.29, 1.82) is 0 Å². The van der Waals surface area contributed by atoms with Crippen LogP contribution in [0.3, 0.4) is 0 Å². The summed E-state index contributed by atoms with van der Waals surface area (Å²) in [7, 11) is 1.43. The lowest BCUT2D eigenvalue weighted by Gasteiger charge is -2.35. The zero-order valence-corrected chi connectivity index (χ0v) is 17.6. The summed E-state index contributed by atoms with van der Waals surface area (Å²) in [6, 6.07) is 5.56. The Morgan fingerprint density at radius 2 is 2.03 bits per heavy atom. The Morgan fingerprint density at radius 1 is 1.39 bits per heavy atom. The number of ether oxygens (including phenoxy) is 1. The molecule has 170 valence electrons. The standard InChI is InChI=1S/C13H15F4NO2.C8H9NOS/c1-18-12(8-4-2-3-5-10(8)14)7-20-11(9(12)6-19)13(15,16)17;1-3-5-7(4-2)8(10)9-6-11/h2-5,9,11,18-19H,6-7H2,1H3;3-6H,1-2H2,(H,9,10,11)/b;7-5+. The average molecular weight is 460 g/mol.